The van der Waals surface area contributed by atoms with E-state index in [9.17, 15) is 9.59 Å². The van der Waals surface area contributed by atoms with Gasteiger partial charge in [0.1, 0.15) is 11.5 Å². The Morgan fingerprint density at radius 2 is 2.13 bits per heavy atom. The van der Waals surface area contributed by atoms with Crippen molar-refractivity contribution in [2.75, 3.05) is 13.7 Å². The zero-order valence-electron chi connectivity index (χ0n) is 17.6. The van der Waals surface area contributed by atoms with Crippen molar-refractivity contribution in [1.82, 2.24) is 15.6 Å². The molecule has 4 aliphatic rings. The van der Waals surface area contributed by atoms with Crippen LogP contribution in [-0.4, -0.2) is 36.2 Å². The molecule has 1 aliphatic heterocycles. The minimum atomic E-state index is -0.729. The number of benzene rings is 1. The molecule has 2 aromatic rings. The number of methoxy groups -OCH3 is 1. The van der Waals surface area contributed by atoms with Crippen LogP contribution in [0, 0.1) is 17.8 Å². The number of amides is 2. The summed E-state index contributed by atoms with van der Waals surface area (Å²) in [5.74, 6) is 1.49. The average Bonchev–Trinajstić information content (AvgIpc) is 2.79. The van der Waals surface area contributed by atoms with Crippen LogP contribution in [0.15, 0.2) is 42.7 Å². The van der Waals surface area contributed by atoms with E-state index < -0.39 is 5.72 Å². The molecule has 3 aliphatic carbocycles. The van der Waals surface area contributed by atoms with Crippen LogP contribution in [-0.2, 0) is 11.2 Å². The van der Waals surface area contributed by atoms with Crippen LogP contribution in [0.5, 0.6) is 11.5 Å². The highest BCUT2D eigenvalue weighted by atomic mass is 16.5. The number of carbonyl (C=O) groups excluding carboxylic acids is 2. The third-order valence-electron chi connectivity index (χ3n) is 7.07. The predicted molar refractivity (Wildman–Crippen MR) is 114 cm³/mol. The van der Waals surface area contributed by atoms with Gasteiger partial charge in [-0.25, -0.2) is 0 Å². The Kier molecular flexibility index (Phi) is 5.04. The van der Waals surface area contributed by atoms with E-state index in [1.807, 2.05) is 12.1 Å². The van der Waals surface area contributed by atoms with Crippen molar-refractivity contribution in [3.05, 3.63) is 53.9 Å². The number of ether oxygens (including phenoxy) is 2. The molecule has 2 N–H and O–H groups in total. The Labute approximate surface area is 181 Å². The summed E-state index contributed by atoms with van der Waals surface area (Å²) in [6.07, 6.45) is 7.64. The third kappa shape index (κ3) is 3.62. The van der Waals surface area contributed by atoms with Crippen LogP contribution in [0.2, 0.25) is 0 Å². The molecule has 0 unspecified atom stereocenters. The molecular formula is C24H27N3O4. The normalized spacial score (nSPS) is 28.4. The molecule has 31 heavy (non-hydrogen) atoms. The molecule has 1 aromatic carbocycles. The van der Waals surface area contributed by atoms with Crippen LogP contribution in [0.4, 0.5) is 0 Å². The van der Waals surface area contributed by atoms with Crippen molar-refractivity contribution >= 4 is 11.8 Å². The maximum atomic E-state index is 12.9. The summed E-state index contributed by atoms with van der Waals surface area (Å²) < 4.78 is 11.7. The van der Waals surface area contributed by atoms with Crippen LogP contribution in [0.1, 0.15) is 41.6 Å². The summed E-state index contributed by atoms with van der Waals surface area (Å²) in [6.45, 7) is 0.613. The van der Waals surface area contributed by atoms with Crippen molar-refractivity contribution < 1.29 is 19.1 Å². The van der Waals surface area contributed by atoms with Gasteiger partial charge in [-0.1, -0.05) is 0 Å². The number of nitrogens with zero attached hydrogens (tertiary/aromatic N) is 1. The highest BCUT2D eigenvalue weighted by Gasteiger charge is 2.57. The van der Waals surface area contributed by atoms with Crippen molar-refractivity contribution in [3.63, 3.8) is 0 Å². The van der Waals surface area contributed by atoms with Gasteiger partial charge in [0.25, 0.3) is 5.91 Å². The first-order chi connectivity index (χ1) is 15.1. The predicted octanol–water partition coefficient (Wildman–Crippen LogP) is 2.70. The van der Waals surface area contributed by atoms with Gasteiger partial charge in [-0.15, -0.1) is 0 Å². The smallest absolute Gasteiger partial charge is 0.258 e. The Balaban J connectivity index is 1.26. The summed E-state index contributed by atoms with van der Waals surface area (Å²) in [5.41, 5.74) is 0.956. The molecule has 0 radical (unpaired) electrons. The van der Waals surface area contributed by atoms with E-state index in [1.54, 1.807) is 37.7 Å². The quantitative estimate of drug-likeness (QED) is 0.775. The molecule has 0 saturated heterocycles. The van der Waals surface area contributed by atoms with Gasteiger partial charge in [0.05, 0.1) is 12.7 Å². The first-order valence-electron chi connectivity index (χ1n) is 10.9. The summed E-state index contributed by atoms with van der Waals surface area (Å²) in [4.78, 5) is 29.8. The molecule has 7 nitrogen and oxygen atoms in total. The molecule has 2 bridgehead atoms. The topological polar surface area (TPSA) is 89.6 Å². The van der Waals surface area contributed by atoms with Crippen molar-refractivity contribution in [1.29, 1.82) is 0 Å². The standard InChI is InChI=1S/C24H27N3O4/c1-30-18-4-5-19-21(13-18)31-24(27-23(19)29)14-16-2-3-17(24)12-20(16)22(28)26-11-8-15-6-9-25-10-7-15/h4-7,9-10,13,16-17,20H,2-3,8,11-12,14H2,1H3,(H,26,28)(H,27,29)/t16-,17+,20-,24-/m0/s1. The largest absolute Gasteiger partial charge is 0.497 e. The van der Waals surface area contributed by atoms with Crippen molar-refractivity contribution in [2.24, 2.45) is 17.8 Å². The lowest BCUT2D eigenvalue weighted by atomic mass is 9.60. The van der Waals surface area contributed by atoms with E-state index >= 15 is 0 Å². The second-order valence-corrected chi connectivity index (χ2v) is 8.78. The van der Waals surface area contributed by atoms with E-state index in [2.05, 4.69) is 15.6 Å². The first-order valence-corrected chi connectivity index (χ1v) is 10.9. The fourth-order valence-corrected chi connectivity index (χ4v) is 5.45. The summed E-state index contributed by atoms with van der Waals surface area (Å²) in [5, 5.41) is 6.25. The third-order valence-corrected chi connectivity index (χ3v) is 7.07. The van der Waals surface area contributed by atoms with E-state index in [0.29, 0.717) is 30.0 Å². The van der Waals surface area contributed by atoms with Gasteiger partial charge >= 0.3 is 0 Å². The zero-order valence-corrected chi connectivity index (χ0v) is 17.6. The molecule has 2 amide bonds. The number of fused-ring (bicyclic) bond motifs is 3. The maximum Gasteiger partial charge on any atom is 0.258 e. The van der Waals surface area contributed by atoms with Gasteiger partial charge < -0.3 is 20.1 Å². The van der Waals surface area contributed by atoms with E-state index in [-0.39, 0.29) is 29.6 Å². The molecular weight excluding hydrogens is 394 g/mol. The first kappa shape index (κ1) is 19.8. The Morgan fingerprint density at radius 3 is 2.87 bits per heavy atom. The van der Waals surface area contributed by atoms with Crippen LogP contribution in [0.3, 0.4) is 0 Å². The number of hydrogen-bond donors (Lipinski definition) is 2. The number of nitrogens with one attached hydrogen (secondary N) is 2. The molecule has 6 rings (SSSR count). The monoisotopic (exact) mass is 421 g/mol. The number of aromatic nitrogens is 1. The summed E-state index contributed by atoms with van der Waals surface area (Å²) in [6, 6.07) is 9.21. The Morgan fingerprint density at radius 1 is 1.29 bits per heavy atom. The van der Waals surface area contributed by atoms with Crippen molar-refractivity contribution in [2.45, 2.75) is 37.8 Å². The second kappa shape index (κ2) is 7.87. The zero-order chi connectivity index (χ0) is 21.4. The van der Waals surface area contributed by atoms with E-state index in [4.69, 9.17) is 9.47 Å². The number of rotatable bonds is 5. The Bertz CT molecular complexity index is 996. The highest BCUT2D eigenvalue weighted by Crippen LogP contribution is 2.52. The van der Waals surface area contributed by atoms with Gasteiger partial charge in [0.15, 0.2) is 5.72 Å². The second-order valence-electron chi connectivity index (χ2n) is 8.78. The van der Waals surface area contributed by atoms with Crippen LogP contribution >= 0.6 is 0 Å². The van der Waals surface area contributed by atoms with Gasteiger partial charge in [0, 0.05) is 43.3 Å². The molecule has 7 heteroatoms. The number of carbonyl (C=O) groups is 2. The minimum absolute atomic E-state index is 0.0333. The fraction of sp³-hybridized carbons (Fsp3) is 0.458. The highest BCUT2D eigenvalue weighted by molar-refractivity contribution is 5.98. The van der Waals surface area contributed by atoms with Gasteiger partial charge in [-0.3, -0.25) is 14.6 Å². The van der Waals surface area contributed by atoms with Gasteiger partial charge in [0.2, 0.25) is 5.91 Å². The van der Waals surface area contributed by atoms with Gasteiger partial charge in [-0.2, -0.15) is 0 Å². The van der Waals surface area contributed by atoms with E-state index in [1.165, 1.54) is 0 Å². The summed E-state index contributed by atoms with van der Waals surface area (Å²) in [7, 11) is 1.60. The van der Waals surface area contributed by atoms with E-state index in [0.717, 1.165) is 31.2 Å². The molecule has 3 saturated carbocycles. The molecule has 162 valence electrons. The molecule has 1 aromatic heterocycles. The maximum absolute atomic E-state index is 12.9. The SMILES string of the molecule is COc1ccc2c(c1)O[C@]1(C[C@@H]3CC[C@@H]1C[C@@H]3C(=O)NCCc1ccncc1)NC2=O. The molecule has 3 fully saturated rings. The summed E-state index contributed by atoms with van der Waals surface area (Å²) >= 11 is 0. The van der Waals surface area contributed by atoms with Crippen molar-refractivity contribution in [3.8, 4) is 11.5 Å². The molecule has 4 atom stereocenters. The number of hydrogen-bond acceptors (Lipinski definition) is 5. The van der Waals surface area contributed by atoms with Gasteiger partial charge in [-0.05, 0) is 61.4 Å². The molecule has 1 spiro atoms. The van der Waals surface area contributed by atoms with Crippen LogP contribution in [0.25, 0.3) is 0 Å². The Hall–Kier alpha value is -3.09. The lowest BCUT2D eigenvalue weighted by Crippen LogP contribution is -2.67. The van der Waals surface area contributed by atoms with Crippen LogP contribution < -0.4 is 20.1 Å². The molecule has 2 heterocycles. The average molecular weight is 421 g/mol. The lowest BCUT2D eigenvalue weighted by Gasteiger charge is -2.55. The number of pyridine rings is 1. The minimum Gasteiger partial charge on any atom is -0.497 e. The fourth-order valence-electron chi connectivity index (χ4n) is 5.45. The lowest BCUT2D eigenvalue weighted by molar-refractivity contribution is -0.146.